The highest BCUT2D eigenvalue weighted by Gasteiger charge is 2.29. The second-order valence-electron chi connectivity index (χ2n) is 6.51. The number of halogens is 3. The van der Waals surface area contributed by atoms with Gasteiger partial charge in [-0.25, -0.2) is 17.2 Å². The van der Waals surface area contributed by atoms with Crippen molar-refractivity contribution in [3.05, 3.63) is 34.1 Å². The fourth-order valence-corrected chi connectivity index (χ4v) is 6.01. The van der Waals surface area contributed by atoms with Gasteiger partial charge in [-0.15, -0.1) is 10.2 Å². The summed E-state index contributed by atoms with van der Waals surface area (Å²) in [6.45, 7) is 0. The summed E-state index contributed by atoms with van der Waals surface area (Å²) in [4.78, 5) is 12.1. The van der Waals surface area contributed by atoms with E-state index in [-0.39, 0.29) is 33.3 Å². The molecule has 0 saturated carbocycles. The lowest BCUT2D eigenvalue weighted by molar-refractivity contribution is -0.113. The number of nitrogens with zero attached hydrogens (tertiary/aromatic N) is 3. The molecule has 1 N–H and O–H groups in total. The first-order valence-corrected chi connectivity index (χ1v) is 11.9. The Hall–Kier alpha value is -1.53. The van der Waals surface area contributed by atoms with E-state index in [4.69, 9.17) is 0 Å². The average molecular weight is 495 g/mol. The number of carbonyl (C=O) groups is 1. The molecule has 12 heteroatoms. The number of carbonyl (C=O) groups excluding carboxylic acids is 1. The van der Waals surface area contributed by atoms with Crippen LogP contribution >= 0.6 is 27.7 Å². The molecule has 2 heterocycles. The first-order valence-electron chi connectivity index (χ1n) is 8.30. The number of nitrogens with one attached hydrogen (secondary N) is 1. The molecule has 0 spiro atoms. The van der Waals surface area contributed by atoms with E-state index in [0.29, 0.717) is 29.9 Å². The number of thioether (sulfide) groups is 1. The number of sulfone groups is 1. The summed E-state index contributed by atoms with van der Waals surface area (Å²) in [6.07, 6.45) is 1.11. The molecule has 1 aromatic carbocycles. The summed E-state index contributed by atoms with van der Waals surface area (Å²) in [5, 5.41) is 11.0. The van der Waals surface area contributed by atoms with Crippen LogP contribution in [0.3, 0.4) is 0 Å². The van der Waals surface area contributed by atoms with Crippen LogP contribution in [0.1, 0.15) is 12.2 Å². The highest BCUT2D eigenvalue weighted by atomic mass is 79.9. The zero-order valence-corrected chi connectivity index (χ0v) is 18.0. The molecule has 1 atom stereocenters. The smallest absolute Gasteiger partial charge is 0.234 e. The van der Waals surface area contributed by atoms with Crippen LogP contribution < -0.4 is 5.32 Å². The summed E-state index contributed by atoms with van der Waals surface area (Å²) < 4.78 is 51.9. The molecule has 152 valence electrons. The lowest BCUT2D eigenvalue weighted by Crippen LogP contribution is -2.16. The third-order valence-corrected chi connectivity index (χ3v) is 7.81. The summed E-state index contributed by atoms with van der Waals surface area (Å²) in [5.74, 6) is -1.13. The molecule has 1 fully saturated rings. The SMILES string of the molecule is Cn1c(CC2CCS(=O)(=O)C2)nnc1SCC(=O)Nc1c(F)cc(F)cc1Br. The molecule has 1 unspecified atom stereocenters. The maximum atomic E-state index is 13.8. The Bertz CT molecular complexity index is 990. The Labute approximate surface area is 173 Å². The second kappa shape index (κ2) is 8.46. The van der Waals surface area contributed by atoms with Crippen LogP contribution in [0.15, 0.2) is 21.8 Å². The topological polar surface area (TPSA) is 93.9 Å². The van der Waals surface area contributed by atoms with E-state index in [9.17, 15) is 22.0 Å². The van der Waals surface area contributed by atoms with Crippen molar-refractivity contribution >= 4 is 49.1 Å². The van der Waals surface area contributed by atoms with Crippen LogP contribution in [0.2, 0.25) is 0 Å². The monoisotopic (exact) mass is 494 g/mol. The Morgan fingerprint density at radius 1 is 1.39 bits per heavy atom. The van der Waals surface area contributed by atoms with Gasteiger partial charge >= 0.3 is 0 Å². The van der Waals surface area contributed by atoms with Crippen LogP contribution in [0.4, 0.5) is 14.5 Å². The quantitative estimate of drug-likeness (QED) is 0.620. The molecule has 7 nitrogen and oxygen atoms in total. The summed E-state index contributed by atoms with van der Waals surface area (Å²) in [7, 11) is -1.21. The summed E-state index contributed by atoms with van der Waals surface area (Å²) in [5.41, 5.74) is -0.131. The zero-order chi connectivity index (χ0) is 20.5. The molecule has 3 rings (SSSR count). The standard InChI is InChI=1S/C16H17BrF2N4O3S2/c1-23-13(4-9-2-3-28(25,26)8-9)21-22-16(23)27-7-14(24)20-15-11(17)5-10(18)6-12(15)19/h5-6,9H,2-4,7-8H2,1H3,(H,20,24). The molecule has 1 amide bonds. The number of benzene rings is 1. The van der Waals surface area contributed by atoms with Crippen LogP contribution in [0, 0.1) is 17.6 Å². The Balaban J connectivity index is 1.58. The van der Waals surface area contributed by atoms with Gasteiger partial charge in [-0.1, -0.05) is 11.8 Å². The minimum atomic E-state index is -2.96. The predicted octanol–water partition coefficient (Wildman–Crippen LogP) is 2.56. The maximum absolute atomic E-state index is 13.8. The third-order valence-electron chi connectivity index (χ3n) is 4.33. The van der Waals surface area contributed by atoms with Crippen LogP contribution in [0.5, 0.6) is 0 Å². The van der Waals surface area contributed by atoms with Crippen molar-refractivity contribution in [2.45, 2.75) is 18.0 Å². The molecular weight excluding hydrogens is 478 g/mol. The average Bonchev–Trinajstić information content (AvgIpc) is 3.12. The molecule has 1 aromatic heterocycles. The number of rotatable bonds is 6. The molecule has 0 aliphatic carbocycles. The van der Waals surface area contributed by atoms with Gasteiger partial charge in [0, 0.05) is 24.0 Å². The fourth-order valence-electron chi connectivity index (χ4n) is 2.91. The van der Waals surface area contributed by atoms with Crippen LogP contribution in [0.25, 0.3) is 0 Å². The molecule has 1 aliphatic heterocycles. The fraction of sp³-hybridized carbons (Fsp3) is 0.438. The van der Waals surface area contributed by atoms with Gasteiger partial charge < -0.3 is 9.88 Å². The molecule has 2 aromatic rings. The summed E-state index contributed by atoms with van der Waals surface area (Å²) >= 11 is 4.13. The number of hydrogen-bond acceptors (Lipinski definition) is 6. The number of amides is 1. The van der Waals surface area contributed by atoms with E-state index in [1.165, 1.54) is 0 Å². The van der Waals surface area contributed by atoms with E-state index < -0.39 is 27.4 Å². The van der Waals surface area contributed by atoms with Gasteiger partial charge in [-0.05, 0) is 34.3 Å². The minimum Gasteiger partial charge on any atom is -0.322 e. The van der Waals surface area contributed by atoms with Gasteiger partial charge in [-0.3, -0.25) is 4.79 Å². The van der Waals surface area contributed by atoms with E-state index in [1.807, 2.05) is 0 Å². The van der Waals surface area contributed by atoms with E-state index in [2.05, 4.69) is 31.4 Å². The highest BCUT2D eigenvalue weighted by molar-refractivity contribution is 9.10. The molecule has 1 saturated heterocycles. The lowest BCUT2D eigenvalue weighted by Gasteiger charge is -2.09. The minimum absolute atomic E-state index is 0.0212. The molecule has 0 radical (unpaired) electrons. The number of aromatic nitrogens is 3. The number of hydrogen-bond donors (Lipinski definition) is 1. The van der Waals surface area contributed by atoms with E-state index in [0.717, 1.165) is 17.8 Å². The van der Waals surface area contributed by atoms with Gasteiger partial charge in [0.1, 0.15) is 11.6 Å². The van der Waals surface area contributed by atoms with Crippen LogP contribution in [-0.4, -0.2) is 46.3 Å². The normalized spacial score (nSPS) is 18.4. The van der Waals surface area contributed by atoms with Crippen molar-refractivity contribution in [1.82, 2.24) is 14.8 Å². The highest BCUT2D eigenvalue weighted by Crippen LogP contribution is 2.28. The lowest BCUT2D eigenvalue weighted by atomic mass is 10.1. The number of anilines is 1. The predicted molar refractivity (Wildman–Crippen MR) is 105 cm³/mol. The first kappa shape index (κ1) is 21.2. The van der Waals surface area contributed by atoms with Crippen molar-refractivity contribution < 1.29 is 22.0 Å². The Morgan fingerprint density at radius 3 is 2.79 bits per heavy atom. The largest absolute Gasteiger partial charge is 0.322 e. The van der Waals surface area contributed by atoms with Gasteiger partial charge in [-0.2, -0.15) is 0 Å². The molecule has 1 aliphatic rings. The van der Waals surface area contributed by atoms with E-state index in [1.54, 1.807) is 11.6 Å². The Morgan fingerprint density at radius 2 is 2.14 bits per heavy atom. The zero-order valence-electron chi connectivity index (χ0n) is 14.8. The Kier molecular flexibility index (Phi) is 6.40. The van der Waals surface area contributed by atoms with Crippen molar-refractivity contribution in [3.8, 4) is 0 Å². The van der Waals surface area contributed by atoms with E-state index >= 15 is 0 Å². The van der Waals surface area contributed by atoms with Crippen molar-refractivity contribution in [2.24, 2.45) is 13.0 Å². The maximum Gasteiger partial charge on any atom is 0.234 e. The van der Waals surface area contributed by atoms with Gasteiger partial charge in [0.2, 0.25) is 5.91 Å². The van der Waals surface area contributed by atoms with Gasteiger partial charge in [0.05, 0.1) is 22.9 Å². The van der Waals surface area contributed by atoms with Crippen LogP contribution in [-0.2, 0) is 28.1 Å². The third kappa shape index (κ3) is 5.09. The van der Waals surface area contributed by atoms with Crippen molar-refractivity contribution in [3.63, 3.8) is 0 Å². The van der Waals surface area contributed by atoms with Crippen molar-refractivity contribution in [2.75, 3.05) is 22.6 Å². The first-order chi connectivity index (χ1) is 13.1. The van der Waals surface area contributed by atoms with Crippen molar-refractivity contribution in [1.29, 1.82) is 0 Å². The second-order valence-corrected chi connectivity index (χ2v) is 10.5. The molecule has 28 heavy (non-hydrogen) atoms. The van der Waals surface area contributed by atoms with Gasteiger partial charge in [0.15, 0.2) is 20.8 Å². The molecule has 0 bridgehead atoms. The van der Waals surface area contributed by atoms with Gasteiger partial charge in [0.25, 0.3) is 0 Å². The summed E-state index contributed by atoms with van der Waals surface area (Å²) in [6, 6.07) is 1.75. The molecular formula is C16H17BrF2N4O3S2.